The van der Waals surface area contributed by atoms with Crippen LogP contribution in [0.25, 0.3) is 10.9 Å². The molecule has 0 radical (unpaired) electrons. The number of aromatic nitrogens is 2. The Morgan fingerprint density at radius 1 is 0.907 bits per heavy atom. The fraction of sp³-hybridized carbons (Fsp3) is 0.258. The summed E-state index contributed by atoms with van der Waals surface area (Å²) in [5.41, 5.74) is 2.02. The van der Waals surface area contributed by atoms with Crippen molar-refractivity contribution in [3.8, 4) is 12.1 Å². The molecule has 0 saturated carbocycles. The molecule has 3 N–H and O–H groups in total. The number of carbonyl (C=O) groups is 2. The van der Waals surface area contributed by atoms with Crippen molar-refractivity contribution in [2.45, 2.75) is 38.3 Å². The third-order valence-electron chi connectivity index (χ3n) is 6.70. The molecule has 43 heavy (non-hydrogen) atoms. The average molecular weight is 598 g/mol. The number of fused-ring (bicyclic) bond motifs is 1. The van der Waals surface area contributed by atoms with E-state index in [-0.39, 0.29) is 23.7 Å². The average Bonchev–Trinajstić information content (AvgIpc) is 3.36. The van der Waals surface area contributed by atoms with Crippen molar-refractivity contribution in [1.29, 1.82) is 10.5 Å². The van der Waals surface area contributed by atoms with Crippen LogP contribution in [0.3, 0.4) is 0 Å². The van der Waals surface area contributed by atoms with E-state index in [1.54, 1.807) is 28.9 Å². The molecular formula is C31H31N7O4S. The second-order valence-electron chi connectivity index (χ2n) is 10.9. The van der Waals surface area contributed by atoms with Crippen LogP contribution in [0.2, 0.25) is 0 Å². The maximum Gasteiger partial charge on any atom is 0.273 e. The van der Waals surface area contributed by atoms with E-state index in [9.17, 15) is 18.0 Å². The van der Waals surface area contributed by atoms with Crippen LogP contribution in [0.15, 0.2) is 77.7 Å². The van der Waals surface area contributed by atoms with Gasteiger partial charge in [0.25, 0.3) is 5.91 Å². The lowest BCUT2D eigenvalue weighted by molar-refractivity contribution is -0.125. The Balaban J connectivity index is 1.44. The smallest absolute Gasteiger partial charge is 0.273 e. The molecule has 0 aliphatic heterocycles. The third-order valence-corrected chi connectivity index (χ3v) is 8.18. The van der Waals surface area contributed by atoms with Gasteiger partial charge in [0, 0.05) is 18.5 Å². The van der Waals surface area contributed by atoms with E-state index in [0.29, 0.717) is 23.1 Å². The van der Waals surface area contributed by atoms with Crippen LogP contribution in [0.4, 0.5) is 0 Å². The van der Waals surface area contributed by atoms with Crippen molar-refractivity contribution < 1.29 is 18.0 Å². The molecule has 4 rings (SSSR count). The van der Waals surface area contributed by atoms with Crippen molar-refractivity contribution in [1.82, 2.24) is 25.1 Å². The number of rotatable bonds is 10. The van der Waals surface area contributed by atoms with Gasteiger partial charge in [-0.15, -0.1) is 0 Å². The Bertz CT molecular complexity index is 1830. The number of nitrogens with one attached hydrogen (secondary N) is 3. The number of hydrogen-bond acceptors (Lipinski definition) is 7. The maximum atomic E-state index is 13.5. The van der Waals surface area contributed by atoms with Gasteiger partial charge >= 0.3 is 0 Å². The van der Waals surface area contributed by atoms with Gasteiger partial charge in [-0.25, -0.2) is 13.1 Å². The molecule has 0 spiro atoms. The second kappa shape index (κ2) is 12.9. The zero-order valence-corrected chi connectivity index (χ0v) is 24.8. The summed E-state index contributed by atoms with van der Waals surface area (Å²) in [5, 5.41) is 28.7. The molecule has 1 aromatic heterocycles. The summed E-state index contributed by atoms with van der Waals surface area (Å²) in [5.74, 6) is -0.994. The third kappa shape index (κ3) is 7.43. The molecule has 12 heteroatoms. The minimum Gasteiger partial charge on any atom is -0.353 e. The minimum absolute atomic E-state index is 0.00324. The largest absolute Gasteiger partial charge is 0.353 e. The van der Waals surface area contributed by atoms with E-state index in [4.69, 9.17) is 10.5 Å². The Morgan fingerprint density at radius 3 is 2.12 bits per heavy atom. The van der Waals surface area contributed by atoms with Crippen LogP contribution >= 0.6 is 0 Å². The summed E-state index contributed by atoms with van der Waals surface area (Å²) in [6.07, 6.45) is 0. The Hall–Kier alpha value is -5.04. The number of sulfonamides is 1. The molecule has 0 aliphatic carbocycles. The van der Waals surface area contributed by atoms with Crippen molar-refractivity contribution in [3.05, 3.63) is 95.2 Å². The van der Waals surface area contributed by atoms with Crippen molar-refractivity contribution in [3.63, 3.8) is 0 Å². The SMILES string of the molecule is CC(C)(C)C(NC(=O)c1nn(Cc2ccc(C#N)cc2)c2ccccc12)C(=O)NCCNS(=O)(=O)c1ccc(C#N)cc1. The molecule has 0 fully saturated rings. The van der Waals surface area contributed by atoms with Gasteiger partial charge in [-0.1, -0.05) is 51.1 Å². The van der Waals surface area contributed by atoms with Crippen LogP contribution in [0.1, 0.15) is 48.0 Å². The van der Waals surface area contributed by atoms with Crippen molar-refractivity contribution >= 4 is 32.7 Å². The number of amides is 2. The number of benzene rings is 3. The van der Waals surface area contributed by atoms with Crippen molar-refractivity contribution in [2.24, 2.45) is 5.41 Å². The number of hydrogen-bond donors (Lipinski definition) is 3. The lowest BCUT2D eigenvalue weighted by atomic mass is 9.86. The number of para-hydroxylation sites is 1. The minimum atomic E-state index is -3.84. The monoisotopic (exact) mass is 597 g/mol. The van der Waals surface area contributed by atoms with Gasteiger partial charge in [-0.2, -0.15) is 15.6 Å². The van der Waals surface area contributed by atoms with Crippen LogP contribution in [-0.4, -0.2) is 49.1 Å². The fourth-order valence-corrected chi connectivity index (χ4v) is 5.45. The number of carbonyl (C=O) groups excluding carboxylic acids is 2. The molecule has 0 bridgehead atoms. The summed E-state index contributed by atoms with van der Waals surface area (Å²) in [6.45, 7) is 5.72. The van der Waals surface area contributed by atoms with E-state index in [1.165, 1.54) is 24.3 Å². The maximum absolute atomic E-state index is 13.5. The van der Waals surface area contributed by atoms with E-state index in [1.807, 2.05) is 51.1 Å². The predicted molar refractivity (Wildman–Crippen MR) is 160 cm³/mol. The Labute approximate surface area is 250 Å². The topological polar surface area (TPSA) is 170 Å². The van der Waals surface area contributed by atoms with E-state index in [0.717, 1.165) is 11.1 Å². The standard InChI is InChI=1S/C31H31N7O4S/c1-31(2,3)28(30(40)34-16-17-35-43(41,42)24-14-12-22(19-33)13-15-24)36-29(39)27-25-6-4-5-7-26(25)38(37-27)20-23-10-8-21(18-32)9-11-23/h4-15,28,35H,16-17,20H2,1-3H3,(H,34,40)(H,36,39). The zero-order chi connectivity index (χ0) is 31.2. The summed E-state index contributed by atoms with van der Waals surface area (Å²) >= 11 is 0. The Kier molecular flexibility index (Phi) is 9.24. The Morgan fingerprint density at radius 2 is 1.51 bits per heavy atom. The highest BCUT2D eigenvalue weighted by Gasteiger charge is 2.34. The normalized spacial score (nSPS) is 12.2. The highest BCUT2D eigenvalue weighted by atomic mass is 32.2. The molecule has 11 nitrogen and oxygen atoms in total. The lowest BCUT2D eigenvalue weighted by Crippen LogP contribution is -2.54. The quantitative estimate of drug-likeness (QED) is 0.236. The number of nitrogens with zero attached hydrogens (tertiary/aromatic N) is 4. The summed E-state index contributed by atoms with van der Waals surface area (Å²) < 4.78 is 29.2. The molecule has 1 heterocycles. The predicted octanol–water partition coefficient (Wildman–Crippen LogP) is 3.07. The van der Waals surface area contributed by atoms with Gasteiger partial charge < -0.3 is 10.6 Å². The fourth-order valence-electron chi connectivity index (χ4n) is 4.41. The molecule has 0 aliphatic rings. The summed E-state index contributed by atoms with van der Waals surface area (Å²) in [6, 6.07) is 23.0. The van der Waals surface area contributed by atoms with Gasteiger partial charge in [-0.05, 0) is 53.4 Å². The zero-order valence-electron chi connectivity index (χ0n) is 24.0. The van der Waals surface area contributed by atoms with Crippen LogP contribution in [-0.2, 0) is 21.4 Å². The van der Waals surface area contributed by atoms with Crippen LogP contribution < -0.4 is 15.4 Å². The van der Waals surface area contributed by atoms with E-state index < -0.39 is 33.3 Å². The molecule has 3 aromatic carbocycles. The van der Waals surface area contributed by atoms with Gasteiger partial charge in [0.15, 0.2) is 5.69 Å². The van der Waals surface area contributed by atoms with Crippen molar-refractivity contribution in [2.75, 3.05) is 13.1 Å². The lowest BCUT2D eigenvalue weighted by Gasteiger charge is -2.30. The van der Waals surface area contributed by atoms with Gasteiger partial charge in [0.05, 0.1) is 40.2 Å². The first-order chi connectivity index (χ1) is 20.4. The van der Waals surface area contributed by atoms with Crippen LogP contribution in [0, 0.1) is 28.1 Å². The summed E-state index contributed by atoms with van der Waals surface area (Å²) in [4.78, 5) is 26.7. The molecule has 1 unspecified atom stereocenters. The van der Waals surface area contributed by atoms with Crippen LogP contribution in [0.5, 0.6) is 0 Å². The first-order valence-electron chi connectivity index (χ1n) is 13.5. The highest BCUT2D eigenvalue weighted by molar-refractivity contribution is 7.89. The molecule has 4 aromatic rings. The van der Waals surface area contributed by atoms with E-state index >= 15 is 0 Å². The number of nitriles is 2. The first kappa shape index (κ1) is 30.9. The van der Waals surface area contributed by atoms with E-state index in [2.05, 4.69) is 26.5 Å². The highest BCUT2D eigenvalue weighted by Crippen LogP contribution is 2.23. The first-order valence-corrected chi connectivity index (χ1v) is 14.9. The molecule has 2 amide bonds. The van der Waals surface area contributed by atoms with Gasteiger partial charge in [-0.3, -0.25) is 14.3 Å². The molecule has 0 saturated heterocycles. The van der Waals surface area contributed by atoms with Gasteiger partial charge in [0.2, 0.25) is 15.9 Å². The second-order valence-corrected chi connectivity index (χ2v) is 12.7. The molecule has 1 atom stereocenters. The molecule has 220 valence electrons. The van der Waals surface area contributed by atoms with Gasteiger partial charge in [0.1, 0.15) is 6.04 Å². The molecular weight excluding hydrogens is 566 g/mol. The summed E-state index contributed by atoms with van der Waals surface area (Å²) in [7, 11) is -3.84.